The number of nitrogens with one attached hydrogen (secondary N) is 1. The van der Waals surface area contributed by atoms with Crippen LogP contribution in [0, 0.1) is 0 Å². The minimum atomic E-state index is -0.919. The van der Waals surface area contributed by atoms with Crippen LogP contribution < -0.4 is 10.1 Å². The molecule has 0 saturated carbocycles. The Morgan fingerprint density at radius 3 is 2.56 bits per heavy atom. The minimum Gasteiger partial charge on any atom is -0.478 e. The highest BCUT2D eigenvalue weighted by atomic mass is 16.5. The molecule has 2 heterocycles. The first kappa shape index (κ1) is 17.3. The van der Waals surface area contributed by atoms with Gasteiger partial charge < -0.3 is 15.2 Å². The third-order valence-corrected chi connectivity index (χ3v) is 4.14. The van der Waals surface area contributed by atoms with Gasteiger partial charge in [0.25, 0.3) is 5.88 Å². The fraction of sp³-hybridized carbons (Fsp3) is 0.444. The van der Waals surface area contributed by atoms with Gasteiger partial charge in [0.1, 0.15) is 5.69 Å². The van der Waals surface area contributed by atoms with Gasteiger partial charge in [0, 0.05) is 18.5 Å². The number of hydrogen-bond donors (Lipinski definition) is 2. The molecule has 0 spiro atoms. The van der Waals surface area contributed by atoms with Crippen molar-refractivity contribution in [3.8, 4) is 5.88 Å². The molecule has 2 N–H and O–H groups in total. The summed E-state index contributed by atoms with van der Waals surface area (Å²) in [4.78, 5) is 0. The van der Waals surface area contributed by atoms with Crippen LogP contribution in [0.1, 0.15) is 39.3 Å². The lowest BCUT2D eigenvalue weighted by molar-refractivity contribution is 0.0787. The number of nitrogens with zero attached hydrogens (tertiary/aromatic N) is 4. The standard InChI is InChI=1S/C18H25N5O2/c1-11(2)23-15-8-7-12(18(3,4)24)9-13(15)16(20-23)19-14-10-22(5)21-17(14)25-6/h7-11,24H,1-6H3,(H,19,20). The fourth-order valence-corrected chi connectivity index (χ4v) is 2.84. The van der Waals surface area contributed by atoms with E-state index in [-0.39, 0.29) is 6.04 Å². The van der Waals surface area contributed by atoms with Gasteiger partial charge in [-0.15, -0.1) is 5.10 Å². The van der Waals surface area contributed by atoms with Crippen LogP contribution in [0.25, 0.3) is 10.9 Å². The van der Waals surface area contributed by atoms with Crippen LogP contribution in [0.2, 0.25) is 0 Å². The third kappa shape index (κ3) is 3.19. The second-order valence-corrected chi connectivity index (χ2v) is 7.03. The molecule has 3 rings (SSSR count). The van der Waals surface area contributed by atoms with Gasteiger partial charge in [0.05, 0.1) is 24.4 Å². The number of benzene rings is 1. The summed E-state index contributed by atoms with van der Waals surface area (Å²) in [6.07, 6.45) is 1.85. The van der Waals surface area contributed by atoms with Crippen molar-refractivity contribution in [3.05, 3.63) is 30.0 Å². The van der Waals surface area contributed by atoms with Crippen molar-refractivity contribution in [2.75, 3.05) is 12.4 Å². The number of anilines is 2. The van der Waals surface area contributed by atoms with Crippen LogP contribution in [0.15, 0.2) is 24.4 Å². The molecule has 0 saturated heterocycles. The molecular formula is C18H25N5O2. The van der Waals surface area contributed by atoms with E-state index >= 15 is 0 Å². The van der Waals surface area contributed by atoms with E-state index in [4.69, 9.17) is 9.84 Å². The molecule has 0 unspecified atom stereocenters. The lowest BCUT2D eigenvalue weighted by Gasteiger charge is -2.18. The number of ether oxygens (including phenoxy) is 1. The summed E-state index contributed by atoms with van der Waals surface area (Å²) >= 11 is 0. The summed E-state index contributed by atoms with van der Waals surface area (Å²) < 4.78 is 8.97. The number of aryl methyl sites for hydroxylation is 1. The maximum atomic E-state index is 10.3. The van der Waals surface area contributed by atoms with E-state index in [0.717, 1.165) is 22.2 Å². The van der Waals surface area contributed by atoms with Crippen LogP contribution in [0.4, 0.5) is 11.5 Å². The Hall–Kier alpha value is -2.54. The van der Waals surface area contributed by atoms with Gasteiger partial charge in [-0.25, -0.2) is 0 Å². The van der Waals surface area contributed by atoms with Crippen molar-refractivity contribution in [1.29, 1.82) is 0 Å². The largest absolute Gasteiger partial charge is 0.478 e. The van der Waals surface area contributed by atoms with Gasteiger partial charge in [-0.3, -0.25) is 9.36 Å². The molecule has 1 aromatic carbocycles. The zero-order valence-electron chi connectivity index (χ0n) is 15.5. The van der Waals surface area contributed by atoms with Crippen LogP contribution in [-0.4, -0.2) is 31.8 Å². The second kappa shape index (κ2) is 6.07. The van der Waals surface area contributed by atoms with Crippen molar-refractivity contribution < 1.29 is 9.84 Å². The number of hydrogen-bond acceptors (Lipinski definition) is 5. The summed E-state index contributed by atoms with van der Waals surface area (Å²) in [6.45, 7) is 7.73. The number of rotatable bonds is 5. The van der Waals surface area contributed by atoms with Gasteiger partial charge in [-0.2, -0.15) is 5.10 Å². The zero-order valence-corrected chi connectivity index (χ0v) is 15.5. The quantitative estimate of drug-likeness (QED) is 0.743. The monoisotopic (exact) mass is 343 g/mol. The van der Waals surface area contributed by atoms with E-state index in [0.29, 0.717) is 11.7 Å². The molecular weight excluding hydrogens is 318 g/mol. The molecule has 0 bridgehead atoms. The van der Waals surface area contributed by atoms with Gasteiger partial charge in [-0.1, -0.05) is 6.07 Å². The summed E-state index contributed by atoms with van der Waals surface area (Å²) in [7, 11) is 3.43. The van der Waals surface area contributed by atoms with E-state index in [1.807, 2.05) is 36.1 Å². The van der Waals surface area contributed by atoms with E-state index in [9.17, 15) is 5.11 Å². The molecule has 2 aromatic heterocycles. The molecule has 0 amide bonds. The highest BCUT2D eigenvalue weighted by Crippen LogP contribution is 2.33. The zero-order chi connectivity index (χ0) is 18.4. The SMILES string of the molecule is COc1nn(C)cc1Nc1nn(C(C)C)c2ccc(C(C)(C)O)cc12. The van der Waals surface area contributed by atoms with Crippen LogP contribution >= 0.6 is 0 Å². The van der Waals surface area contributed by atoms with E-state index < -0.39 is 5.60 Å². The average Bonchev–Trinajstić information content (AvgIpc) is 3.07. The van der Waals surface area contributed by atoms with Gasteiger partial charge in [0.15, 0.2) is 5.82 Å². The Bertz CT molecular complexity index is 902. The first-order valence-electron chi connectivity index (χ1n) is 8.30. The molecule has 7 nitrogen and oxygen atoms in total. The molecule has 25 heavy (non-hydrogen) atoms. The predicted molar refractivity (Wildman–Crippen MR) is 98.4 cm³/mol. The smallest absolute Gasteiger partial charge is 0.256 e. The van der Waals surface area contributed by atoms with E-state index in [1.165, 1.54) is 0 Å². The Kier molecular flexibility index (Phi) is 4.20. The third-order valence-electron chi connectivity index (χ3n) is 4.14. The van der Waals surface area contributed by atoms with Crippen molar-refractivity contribution >= 4 is 22.4 Å². The van der Waals surface area contributed by atoms with Crippen molar-refractivity contribution in [2.45, 2.75) is 39.3 Å². The number of aliphatic hydroxyl groups is 1. The van der Waals surface area contributed by atoms with E-state index in [2.05, 4.69) is 24.3 Å². The van der Waals surface area contributed by atoms with Crippen molar-refractivity contribution in [2.24, 2.45) is 7.05 Å². The van der Waals surface area contributed by atoms with Crippen LogP contribution in [0.5, 0.6) is 5.88 Å². The second-order valence-electron chi connectivity index (χ2n) is 7.03. The van der Waals surface area contributed by atoms with Crippen molar-refractivity contribution in [1.82, 2.24) is 19.6 Å². The summed E-state index contributed by atoms with van der Waals surface area (Å²) in [5.74, 6) is 1.22. The Labute approximate surface area is 147 Å². The molecule has 0 fully saturated rings. The summed E-state index contributed by atoms with van der Waals surface area (Å²) in [6, 6.07) is 6.13. The molecule has 0 atom stereocenters. The Morgan fingerprint density at radius 2 is 1.96 bits per heavy atom. The fourth-order valence-electron chi connectivity index (χ4n) is 2.84. The molecule has 0 aliphatic heterocycles. The molecule has 7 heteroatoms. The predicted octanol–water partition coefficient (Wildman–Crippen LogP) is 3.33. The van der Waals surface area contributed by atoms with Gasteiger partial charge in [-0.05, 0) is 45.4 Å². The average molecular weight is 343 g/mol. The number of aromatic nitrogens is 4. The highest BCUT2D eigenvalue weighted by molar-refractivity contribution is 5.93. The number of fused-ring (bicyclic) bond motifs is 1. The molecule has 0 aliphatic rings. The highest BCUT2D eigenvalue weighted by Gasteiger charge is 2.21. The first-order chi connectivity index (χ1) is 11.7. The summed E-state index contributed by atoms with van der Waals surface area (Å²) in [5.41, 5.74) is 1.67. The minimum absolute atomic E-state index is 0.210. The lowest BCUT2D eigenvalue weighted by Crippen LogP contribution is -2.15. The van der Waals surface area contributed by atoms with Crippen molar-refractivity contribution in [3.63, 3.8) is 0 Å². The van der Waals surface area contributed by atoms with Crippen LogP contribution in [0.3, 0.4) is 0 Å². The lowest BCUT2D eigenvalue weighted by atomic mass is 9.97. The molecule has 0 aliphatic carbocycles. The Morgan fingerprint density at radius 1 is 1.24 bits per heavy atom. The Balaban J connectivity index is 2.15. The normalized spacial score (nSPS) is 12.2. The maximum absolute atomic E-state index is 10.3. The molecule has 3 aromatic rings. The molecule has 134 valence electrons. The van der Waals surface area contributed by atoms with Gasteiger partial charge >= 0.3 is 0 Å². The van der Waals surface area contributed by atoms with E-state index in [1.54, 1.807) is 25.6 Å². The molecule has 0 radical (unpaired) electrons. The first-order valence-corrected chi connectivity index (χ1v) is 8.30. The summed E-state index contributed by atoms with van der Waals surface area (Å²) in [5, 5.41) is 23.6. The number of methoxy groups -OCH3 is 1. The maximum Gasteiger partial charge on any atom is 0.256 e. The topological polar surface area (TPSA) is 77.1 Å². The van der Waals surface area contributed by atoms with Crippen LogP contribution in [-0.2, 0) is 12.6 Å². The van der Waals surface area contributed by atoms with Gasteiger partial charge in [0.2, 0.25) is 0 Å².